The first-order valence-electron chi connectivity index (χ1n) is 7.35. The summed E-state index contributed by atoms with van der Waals surface area (Å²) in [6.45, 7) is 5.45. The van der Waals surface area contributed by atoms with E-state index in [1.54, 1.807) is 0 Å². The van der Waals surface area contributed by atoms with Crippen molar-refractivity contribution in [2.24, 2.45) is 11.8 Å². The summed E-state index contributed by atoms with van der Waals surface area (Å²) < 4.78 is 1.66. The first-order chi connectivity index (χ1) is 9.17. The van der Waals surface area contributed by atoms with Crippen molar-refractivity contribution in [2.45, 2.75) is 52.0 Å². The monoisotopic (exact) mass is 319 g/mol. The van der Waals surface area contributed by atoms with Gasteiger partial charge in [-0.05, 0) is 30.9 Å². The van der Waals surface area contributed by atoms with Gasteiger partial charge in [-0.25, -0.2) is 0 Å². The van der Waals surface area contributed by atoms with E-state index < -0.39 is 0 Å². The molecule has 1 aliphatic rings. The Labute approximate surface area is 130 Å². The molecule has 0 aromatic carbocycles. The molecule has 1 heterocycles. The van der Waals surface area contributed by atoms with Crippen molar-refractivity contribution in [1.82, 2.24) is 5.32 Å². The molecule has 1 aliphatic carbocycles. The quantitative estimate of drug-likeness (QED) is 0.710. The van der Waals surface area contributed by atoms with E-state index in [9.17, 15) is 0 Å². The zero-order valence-corrected chi connectivity index (χ0v) is 14.0. The predicted octanol–water partition coefficient (Wildman–Crippen LogP) is 5.92. The van der Waals surface area contributed by atoms with E-state index in [2.05, 4.69) is 25.2 Å². The molecule has 1 aromatic rings. The Bertz CT molecular complexity index is 405. The summed E-state index contributed by atoms with van der Waals surface area (Å²) in [6.07, 6.45) is 6.66. The van der Waals surface area contributed by atoms with E-state index in [1.165, 1.54) is 49.0 Å². The van der Waals surface area contributed by atoms with Crippen LogP contribution in [0, 0.1) is 11.8 Å². The van der Waals surface area contributed by atoms with E-state index in [-0.39, 0.29) is 0 Å². The van der Waals surface area contributed by atoms with Crippen molar-refractivity contribution in [3.63, 3.8) is 0 Å². The summed E-state index contributed by atoms with van der Waals surface area (Å²) in [5.41, 5.74) is 1.21. The fraction of sp³-hybridized carbons (Fsp3) is 0.733. The molecular weight excluding hydrogens is 297 g/mol. The van der Waals surface area contributed by atoms with Gasteiger partial charge in [0.1, 0.15) is 0 Å². The third kappa shape index (κ3) is 3.66. The number of nitrogens with one attached hydrogen (secondary N) is 1. The minimum Gasteiger partial charge on any atom is -0.310 e. The first-order valence-corrected chi connectivity index (χ1v) is 8.92. The van der Waals surface area contributed by atoms with Crippen LogP contribution in [0.25, 0.3) is 0 Å². The molecule has 3 atom stereocenters. The predicted molar refractivity (Wildman–Crippen MR) is 86.5 cm³/mol. The van der Waals surface area contributed by atoms with Gasteiger partial charge in [-0.3, -0.25) is 0 Å². The van der Waals surface area contributed by atoms with Gasteiger partial charge in [-0.1, -0.05) is 62.7 Å². The molecule has 1 aromatic heterocycles. The van der Waals surface area contributed by atoms with Crippen LogP contribution < -0.4 is 5.32 Å². The number of halogens is 2. The van der Waals surface area contributed by atoms with Gasteiger partial charge < -0.3 is 5.32 Å². The van der Waals surface area contributed by atoms with Gasteiger partial charge in [0.05, 0.1) is 8.67 Å². The molecule has 3 unspecified atom stereocenters. The molecule has 0 amide bonds. The summed E-state index contributed by atoms with van der Waals surface area (Å²) in [5.74, 6) is 1.51. The normalized spacial score (nSPS) is 25.5. The van der Waals surface area contributed by atoms with Crippen LogP contribution in [0.4, 0.5) is 0 Å². The highest BCUT2D eigenvalue weighted by atomic mass is 35.5. The average Bonchev–Trinajstić information content (AvgIpc) is 2.75. The molecule has 1 fully saturated rings. The third-order valence-electron chi connectivity index (χ3n) is 4.36. The highest BCUT2D eigenvalue weighted by Crippen LogP contribution is 2.44. The zero-order chi connectivity index (χ0) is 13.8. The standard InChI is InChI=1S/C15H23Cl2NS/c1-3-10-7-5-6-8-11(10)14(18-4-2)12-9-13(16)19-15(12)17/h9-11,14,18H,3-8H2,1-2H3. The lowest BCUT2D eigenvalue weighted by molar-refractivity contribution is 0.177. The molecule has 1 N–H and O–H groups in total. The van der Waals surface area contributed by atoms with Crippen LogP contribution in [-0.2, 0) is 0 Å². The van der Waals surface area contributed by atoms with Crippen LogP contribution in [0.1, 0.15) is 57.6 Å². The maximum Gasteiger partial charge on any atom is 0.0992 e. The number of hydrogen-bond donors (Lipinski definition) is 1. The van der Waals surface area contributed by atoms with Crippen molar-refractivity contribution in [1.29, 1.82) is 0 Å². The van der Waals surface area contributed by atoms with Crippen LogP contribution in [-0.4, -0.2) is 6.54 Å². The highest BCUT2D eigenvalue weighted by Gasteiger charge is 2.32. The molecular formula is C15H23Cl2NS. The minimum absolute atomic E-state index is 0.367. The molecule has 0 aliphatic heterocycles. The average molecular weight is 320 g/mol. The summed E-state index contributed by atoms with van der Waals surface area (Å²) in [7, 11) is 0. The van der Waals surface area contributed by atoms with Gasteiger partial charge >= 0.3 is 0 Å². The first kappa shape index (κ1) is 15.6. The van der Waals surface area contributed by atoms with Gasteiger partial charge in [-0.15, -0.1) is 11.3 Å². The second-order valence-corrected chi connectivity index (χ2v) is 7.72. The molecule has 4 heteroatoms. The second-order valence-electron chi connectivity index (χ2n) is 5.43. The molecule has 1 nitrogen and oxygen atoms in total. The molecule has 0 spiro atoms. The Kier molecular flexibility index (Phi) is 6.01. The van der Waals surface area contributed by atoms with Gasteiger partial charge in [0.2, 0.25) is 0 Å². The number of hydrogen-bond acceptors (Lipinski definition) is 2. The summed E-state index contributed by atoms with van der Waals surface area (Å²) in [5, 5.41) is 3.65. The molecule has 0 saturated heterocycles. The Balaban J connectivity index is 2.25. The lowest BCUT2D eigenvalue weighted by atomic mass is 9.72. The molecule has 2 rings (SSSR count). The number of thiophene rings is 1. The van der Waals surface area contributed by atoms with Crippen molar-refractivity contribution in [2.75, 3.05) is 6.54 Å². The summed E-state index contributed by atoms with van der Waals surface area (Å²) in [6, 6.07) is 2.43. The lowest BCUT2D eigenvalue weighted by Crippen LogP contribution is -2.34. The summed E-state index contributed by atoms with van der Waals surface area (Å²) >= 11 is 14.0. The topological polar surface area (TPSA) is 12.0 Å². The third-order valence-corrected chi connectivity index (χ3v) is 5.88. The second kappa shape index (κ2) is 7.31. The largest absolute Gasteiger partial charge is 0.310 e. The van der Waals surface area contributed by atoms with Crippen molar-refractivity contribution in [3.05, 3.63) is 20.3 Å². The van der Waals surface area contributed by atoms with Crippen LogP contribution in [0.3, 0.4) is 0 Å². The lowest BCUT2D eigenvalue weighted by Gasteiger charge is -2.37. The van der Waals surface area contributed by atoms with Gasteiger partial charge in [0.25, 0.3) is 0 Å². The van der Waals surface area contributed by atoms with E-state index in [4.69, 9.17) is 23.2 Å². The molecule has 0 bridgehead atoms. The van der Waals surface area contributed by atoms with Crippen LogP contribution >= 0.6 is 34.5 Å². The SMILES string of the molecule is CCNC(c1cc(Cl)sc1Cl)C1CCCCC1CC. The van der Waals surface area contributed by atoms with Gasteiger partial charge in [0, 0.05) is 11.6 Å². The Morgan fingerprint density at radius 3 is 2.63 bits per heavy atom. The maximum absolute atomic E-state index is 6.38. The smallest absolute Gasteiger partial charge is 0.0992 e. The van der Waals surface area contributed by atoms with Crippen molar-refractivity contribution in [3.8, 4) is 0 Å². The van der Waals surface area contributed by atoms with E-state index in [1.807, 2.05) is 0 Å². The van der Waals surface area contributed by atoms with Crippen molar-refractivity contribution >= 4 is 34.5 Å². The maximum atomic E-state index is 6.38. The molecule has 108 valence electrons. The van der Waals surface area contributed by atoms with E-state index in [0.29, 0.717) is 12.0 Å². The number of rotatable bonds is 5. The fourth-order valence-electron chi connectivity index (χ4n) is 3.46. The Morgan fingerprint density at radius 1 is 1.32 bits per heavy atom. The van der Waals surface area contributed by atoms with Gasteiger partial charge in [-0.2, -0.15) is 0 Å². The highest BCUT2D eigenvalue weighted by molar-refractivity contribution is 7.20. The molecule has 1 saturated carbocycles. The minimum atomic E-state index is 0.367. The van der Waals surface area contributed by atoms with Gasteiger partial charge in [0.15, 0.2) is 0 Å². The molecule has 0 radical (unpaired) electrons. The van der Waals surface area contributed by atoms with Crippen LogP contribution in [0.2, 0.25) is 8.67 Å². The Morgan fingerprint density at radius 2 is 2.05 bits per heavy atom. The summed E-state index contributed by atoms with van der Waals surface area (Å²) in [4.78, 5) is 0. The fourth-order valence-corrected chi connectivity index (χ4v) is 5.01. The van der Waals surface area contributed by atoms with E-state index in [0.717, 1.165) is 21.1 Å². The van der Waals surface area contributed by atoms with Crippen molar-refractivity contribution < 1.29 is 0 Å². The zero-order valence-electron chi connectivity index (χ0n) is 11.7. The van der Waals surface area contributed by atoms with Crippen LogP contribution in [0.5, 0.6) is 0 Å². The van der Waals surface area contributed by atoms with E-state index >= 15 is 0 Å². The Hall–Kier alpha value is 0.240. The molecule has 19 heavy (non-hydrogen) atoms. The van der Waals surface area contributed by atoms with Crippen LogP contribution in [0.15, 0.2) is 6.07 Å².